The number of aliphatic hydroxyl groups excluding tert-OH is 2. The van der Waals surface area contributed by atoms with Gasteiger partial charge in [0.2, 0.25) is 0 Å². The Morgan fingerprint density at radius 3 is 2.39 bits per heavy atom. The molecule has 0 aliphatic carbocycles. The van der Waals surface area contributed by atoms with Gasteiger partial charge in [-0.05, 0) is 24.1 Å². The molecule has 0 bridgehead atoms. The largest absolute Gasteiger partial charge is 0.508 e. The summed E-state index contributed by atoms with van der Waals surface area (Å²) in [7, 11) is 0. The van der Waals surface area contributed by atoms with Crippen LogP contribution in [0.4, 0.5) is 0 Å². The molecule has 0 radical (unpaired) electrons. The predicted molar refractivity (Wildman–Crippen MR) is 60.6 cm³/mol. The van der Waals surface area contributed by atoms with Crippen molar-refractivity contribution in [3.8, 4) is 5.75 Å². The van der Waals surface area contributed by atoms with E-state index in [0.717, 1.165) is 5.56 Å². The molecule has 1 rings (SSSR count). The lowest BCUT2D eigenvalue weighted by Crippen LogP contribution is -2.28. The summed E-state index contributed by atoms with van der Waals surface area (Å²) in [5.41, 5.74) is 0.805. The third-order valence-corrected chi connectivity index (χ3v) is 2.21. The Labute approximate surface area is 103 Å². The monoisotopic (exact) mass is 254 g/mol. The van der Waals surface area contributed by atoms with Crippen molar-refractivity contribution < 1.29 is 29.6 Å². The van der Waals surface area contributed by atoms with Gasteiger partial charge >= 0.3 is 11.9 Å². The lowest BCUT2D eigenvalue weighted by Gasteiger charge is -2.06. The fraction of sp³-hybridized carbons (Fsp3) is 0.333. The molecule has 1 atom stereocenters. The number of aromatic hydroxyl groups is 1. The SMILES string of the molecule is O=C(CCc1ccc(O)cc1)OC(=O)C(O)CO. The van der Waals surface area contributed by atoms with Crippen molar-refractivity contribution in [2.45, 2.75) is 18.9 Å². The molecule has 6 heteroatoms. The van der Waals surface area contributed by atoms with Crippen molar-refractivity contribution in [1.29, 1.82) is 0 Å². The van der Waals surface area contributed by atoms with Crippen LogP contribution >= 0.6 is 0 Å². The summed E-state index contributed by atoms with van der Waals surface area (Å²) in [6.45, 7) is -0.788. The van der Waals surface area contributed by atoms with Crippen molar-refractivity contribution in [2.24, 2.45) is 0 Å². The van der Waals surface area contributed by atoms with E-state index in [9.17, 15) is 9.59 Å². The van der Waals surface area contributed by atoms with E-state index < -0.39 is 24.6 Å². The molecule has 0 aliphatic rings. The van der Waals surface area contributed by atoms with Crippen LogP contribution in [0.3, 0.4) is 0 Å². The van der Waals surface area contributed by atoms with Crippen molar-refractivity contribution >= 4 is 11.9 Å². The Bertz CT molecular complexity index is 411. The van der Waals surface area contributed by atoms with Gasteiger partial charge in [-0.15, -0.1) is 0 Å². The highest BCUT2D eigenvalue weighted by Crippen LogP contribution is 2.11. The summed E-state index contributed by atoms with van der Waals surface area (Å²) in [5, 5.41) is 26.4. The zero-order valence-corrected chi connectivity index (χ0v) is 9.57. The molecule has 18 heavy (non-hydrogen) atoms. The summed E-state index contributed by atoms with van der Waals surface area (Å²) in [6, 6.07) is 6.27. The standard InChI is InChI=1S/C12H14O6/c13-7-10(15)12(17)18-11(16)6-3-8-1-4-9(14)5-2-8/h1-2,4-5,10,13-15H,3,6-7H2. The maximum atomic E-state index is 11.2. The highest BCUT2D eigenvalue weighted by atomic mass is 16.6. The Balaban J connectivity index is 2.37. The molecule has 98 valence electrons. The van der Waals surface area contributed by atoms with E-state index in [1.54, 1.807) is 12.1 Å². The lowest BCUT2D eigenvalue weighted by atomic mass is 10.1. The maximum absolute atomic E-state index is 11.2. The van der Waals surface area contributed by atoms with E-state index in [2.05, 4.69) is 4.74 Å². The second kappa shape index (κ2) is 6.73. The maximum Gasteiger partial charge on any atom is 0.345 e. The van der Waals surface area contributed by atoms with Gasteiger partial charge in [-0.2, -0.15) is 0 Å². The summed E-state index contributed by atoms with van der Waals surface area (Å²) >= 11 is 0. The molecule has 0 saturated carbocycles. The number of ether oxygens (including phenoxy) is 1. The third kappa shape index (κ3) is 4.52. The molecular weight excluding hydrogens is 240 g/mol. The average Bonchev–Trinajstić information content (AvgIpc) is 2.37. The van der Waals surface area contributed by atoms with Gasteiger partial charge in [-0.25, -0.2) is 4.79 Å². The molecule has 1 unspecified atom stereocenters. The van der Waals surface area contributed by atoms with E-state index in [1.807, 2.05) is 0 Å². The molecule has 0 saturated heterocycles. The first kappa shape index (κ1) is 14.1. The van der Waals surface area contributed by atoms with Crippen LogP contribution in [0.25, 0.3) is 0 Å². The van der Waals surface area contributed by atoms with E-state index in [-0.39, 0.29) is 12.2 Å². The lowest BCUT2D eigenvalue weighted by molar-refractivity contribution is -0.167. The number of hydrogen-bond donors (Lipinski definition) is 3. The van der Waals surface area contributed by atoms with Crippen molar-refractivity contribution in [2.75, 3.05) is 6.61 Å². The van der Waals surface area contributed by atoms with Gasteiger partial charge in [-0.3, -0.25) is 4.79 Å². The summed E-state index contributed by atoms with van der Waals surface area (Å²) in [4.78, 5) is 22.2. The first-order chi connectivity index (χ1) is 8.52. The number of carbonyl (C=O) groups excluding carboxylic acids is 2. The first-order valence-corrected chi connectivity index (χ1v) is 5.34. The second-order valence-corrected chi connectivity index (χ2v) is 3.66. The number of esters is 2. The number of rotatable bonds is 5. The van der Waals surface area contributed by atoms with Gasteiger partial charge in [-0.1, -0.05) is 12.1 Å². The zero-order valence-electron chi connectivity index (χ0n) is 9.57. The summed E-state index contributed by atoms with van der Waals surface area (Å²) in [6.07, 6.45) is -1.38. The Morgan fingerprint density at radius 2 is 1.83 bits per heavy atom. The molecule has 0 heterocycles. The number of phenols is 1. The Hall–Kier alpha value is -1.92. The average molecular weight is 254 g/mol. The number of aliphatic hydroxyl groups is 2. The fourth-order valence-electron chi connectivity index (χ4n) is 1.21. The highest BCUT2D eigenvalue weighted by Gasteiger charge is 2.18. The minimum absolute atomic E-state index is 0.0331. The Kier molecular flexibility index (Phi) is 5.29. The smallest absolute Gasteiger partial charge is 0.345 e. The number of carbonyl (C=O) groups is 2. The van der Waals surface area contributed by atoms with Gasteiger partial charge in [0.15, 0.2) is 6.10 Å². The summed E-state index contributed by atoms with van der Waals surface area (Å²) < 4.78 is 4.31. The van der Waals surface area contributed by atoms with Gasteiger partial charge in [0, 0.05) is 0 Å². The first-order valence-electron chi connectivity index (χ1n) is 5.34. The fourth-order valence-corrected chi connectivity index (χ4v) is 1.21. The minimum Gasteiger partial charge on any atom is -0.508 e. The van der Waals surface area contributed by atoms with Crippen LogP contribution in [0.5, 0.6) is 5.75 Å². The van der Waals surface area contributed by atoms with E-state index in [0.29, 0.717) is 6.42 Å². The number of phenolic OH excluding ortho intramolecular Hbond substituents is 1. The molecule has 0 aliphatic heterocycles. The zero-order chi connectivity index (χ0) is 13.5. The van der Waals surface area contributed by atoms with Crippen LogP contribution in [0, 0.1) is 0 Å². The molecule has 0 fully saturated rings. The van der Waals surface area contributed by atoms with Crippen LogP contribution in [0.2, 0.25) is 0 Å². The molecular formula is C12H14O6. The molecule has 3 N–H and O–H groups in total. The third-order valence-electron chi connectivity index (χ3n) is 2.21. The second-order valence-electron chi connectivity index (χ2n) is 3.66. The van der Waals surface area contributed by atoms with Gasteiger partial charge in [0.25, 0.3) is 0 Å². The van der Waals surface area contributed by atoms with E-state index in [4.69, 9.17) is 15.3 Å². The molecule has 1 aromatic carbocycles. The van der Waals surface area contributed by atoms with E-state index in [1.165, 1.54) is 12.1 Å². The van der Waals surface area contributed by atoms with Gasteiger partial charge < -0.3 is 20.1 Å². The Morgan fingerprint density at radius 1 is 1.22 bits per heavy atom. The molecule has 6 nitrogen and oxygen atoms in total. The number of hydrogen-bond acceptors (Lipinski definition) is 6. The number of aryl methyl sites for hydroxylation is 1. The van der Waals surface area contributed by atoms with Gasteiger partial charge in [0.05, 0.1) is 13.0 Å². The number of benzene rings is 1. The molecule has 1 aromatic rings. The van der Waals surface area contributed by atoms with E-state index >= 15 is 0 Å². The molecule has 0 aromatic heterocycles. The highest BCUT2D eigenvalue weighted by molar-refractivity contribution is 5.87. The van der Waals surface area contributed by atoms with Crippen molar-refractivity contribution in [3.05, 3.63) is 29.8 Å². The minimum atomic E-state index is -1.69. The van der Waals surface area contributed by atoms with Crippen molar-refractivity contribution in [3.63, 3.8) is 0 Å². The summed E-state index contributed by atoms with van der Waals surface area (Å²) in [5.74, 6) is -1.81. The van der Waals surface area contributed by atoms with Crippen LogP contribution in [0.15, 0.2) is 24.3 Å². The topological polar surface area (TPSA) is 104 Å². The van der Waals surface area contributed by atoms with Crippen LogP contribution < -0.4 is 0 Å². The normalized spacial score (nSPS) is 11.9. The molecule has 0 amide bonds. The quantitative estimate of drug-likeness (QED) is 0.494. The van der Waals surface area contributed by atoms with Crippen LogP contribution in [-0.4, -0.2) is 40.0 Å². The van der Waals surface area contributed by atoms with Crippen LogP contribution in [-0.2, 0) is 20.7 Å². The predicted octanol–water partition coefficient (Wildman–Crippen LogP) is -0.252. The van der Waals surface area contributed by atoms with Gasteiger partial charge in [0.1, 0.15) is 5.75 Å². The van der Waals surface area contributed by atoms with Crippen molar-refractivity contribution in [1.82, 2.24) is 0 Å². The van der Waals surface area contributed by atoms with Crippen LogP contribution in [0.1, 0.15) is 12.0 Å². The molecule has 0 spiro atoms.